The van der Waals surface area contributed by atoms with Gasteiger partial charge < -0.3 is 21.3 Å². The molecule has 0 saturated heterocycles. The number of carbonyl (C=O) groups excluding carboxylic acids is 4. The number of hydrogen-bond donors (Lipinski definition) is 4. The van der Waals surface area contributed by atoms with Crippen molar-refractivity contribution < 1.29 is 32.3 Å². The van der Waals surface area contributed by atoms with Gasteiger partial charge in [-0.05, 0) is 33.2 Å². The molecule has 25 heavy (non-hydrogen) atoms. The van der Waals surface area contributed by atoms with E-state index in [1.165, 1.54) is 6.92 Å². The van der Waals surface area contributed by atoms with Crippen LogP contribution >= 0.6 is 0 Å². The fraction of sp³-hybridized carbons (Fsp3) is 0.714. The molecule has 0 aliphatic rings. The number of alkyl halides is 3. The van der Waals surface area contributed by atoms with Gasteiger partial charge in [-0.25, -0.2) is 0 Å². The summed E-state index contributed by atoms with van der Waals surface area (Å²) in [6.07, 6.45) is -4.16. The number of halogens is 3. The van der Waals surface area contributed by atoms with Gasteiger partial charge in [0.05, 0.1) is 19.1 Å². The van der Waals surface area contributed by atoms with Crippen LogP contribution in [-0.4, -0.2) is 62.4 Å². The van der Waals surface area contributed by atoms with E-state index < -0.39 is 24.0 Å². The van der Waals surface area contributed by atoms with Crippen molar-refractivity contribution in [3.8, 4) is 0 Å². The Morgan fingerprint density at radius 2 is 1.60 bits per heavy atom. The Labute approximate surface area is 143 Å². The molecule has 0 radical (unpaired) electrons. The highest BCUT2D eigenvalue weighted by molar-refractivity contribution is 5.90. The van der Waals surface area contributed by atoms with Crippen molar-refractivity contribution in [2.75, 3.05) is 26.7 Å². The number of rotatable bonds is 11. The van der Waals surface area contributed by atoms with Gasteiger partial charge in [0.15, 0.2) is 5.78 Å². The molecular formula is C14H23F3N4O4. The number of ketones is 1. The summed E-state index contributed by atoms with van der Waals surface area (Å²) in [5.74, 6) is -3.25. The lowest BCUT2D eigenvalue weighted by Gasteiger charge is -2.16. The van der Waals surface area contributed by atoms with Crippen molar-refractivity contribution in [1.82, 2.24) is 21.3 Å². The third-order valence-electron chi connectivity index (χ3n) is 3.07. The average molecular weight is 368 g/mol. The predicted molar refractivity (Wildman–Crippen MR) is 82.5 cm³/mol. The predicted octanol–water partition coefficient (Wildman–Crippen LogP) is -0.755. The molecule has 0 spiro atoms. The molecule has 0 bridgehead atoms. The molecule has 0 aliphatic heterocycles. The zero-order chi connectivity index (χ0) is 19.5. The molecule has 0 aromatic carbocycles. The smallest absolute Gasteiger partial charge is 0.348 e. The van der Waals surface area contributed by atoms with Crippen LogP contribution in [0.4, 0.5) is 13.2 Å². The van der Waals surface area contributed by atoms with Gasteiger partial charge in [0.2, 0.25) is 11.8 Å². The monoisotopic (exact) mass is 368 g/mol. The third-order valence-corrected chi connectivity index (χ3v) is 3.07. The minimum Gasteiger partial charge on any atom is -0.348 e. The summed E-state index contributed by atoms with van der Waals surface area (Å²) in [4.78, 5) is 45.0. The Morgan fingerprint density at radius 1 is 0.960 bits per heavy atom. The van der Waals surface area contributed by atoms with Crippen LogP contribution in [0.1, 0.15) is 26.2 Å². The molecule has 11 heteroatoms. The Morgan fingerprint density at radius 3 is 2.12 bits per heavy atom. The van der Waals surface area contributed by atoms with Gasteiger partial charge in [-0.1, -0.05) is 0 Å². The van der Waals surface area contributed by atoms with Crippen molar-refractivity contribution in [3.63, 3.8) is 0 Å². The highest BCUT2D eigenvalue weighted by atomic mass is 19.4. The summed E-state index contributed by atoms with van der Waals surface area (Å²) in [5.41, 5.74) is 0. The van der Waals surface area contributed by atoms with Crippen molar-refractivity contribution >= 4 is 23.5 Å². The van der Waals surface area contributed by atoms with Crippen molar-refractivity contribution in [3.05, 3.63) is 0 Å². The molecule has 1 atom stereocenters. The molecule has 0 aromatic heterocycles. The maximum atomic E-state index is 12.0. The Balaban J connectivity index is 4.10. The van der Waals surface area contributed by atoms with Crippen LogP contribution in [0.15, 0.2) is 0 Å². The Bertz CT molecular complexity index is 483. The molecule has 0 fully saturated rings. The summed E-state index contributed by atoms with van der Waals surface area (Å²) in [6.45, 7) is 0.853. The second-order valence-electron chi connectivity index (χ2n) is 5.29. The first kappa shape index (κ1) is 22.8. The van der Waals surface area contributed by atoms with E-state index in [0.717, 1.165) is 0 Å². The van der Waals surface area contributed by atoms with Crippen molar-refractivity contribution in [1.29, 1.82) is 0 Å². The lowest BCUT2D eigenvalue weighted by Crippen LogP contribution is -2.46. The molecule has 0 aliphatic carbocycles. The number of Topliss-reactive ketones (excluding diaryl/α,β-unsaturated/α-hetero) is 1. The van der Waals surface area contributed by atoms with E-state index in [4.69, 9.17) is 0 Å². The molecule has 0 saturated carbocycles. The van der Waals surface area contributed by atoms with Gasteiger partial charge in [0, 0.05) is 6.54 Å². The van der Waals surface area contributed by atoms with E-state index in [0.29, 0.717) is 6.42 Å². The molecule has 4 N–H and O–H groups in total. The van der Waals surface area contributed by atoms with Gasteiger partial charge >= 0.3 is 12.1 Å². The van der Waals surface area contributed by atoms with Crippen LogP contribution in [-0.2, 0) is 19.2 Å². The van der Waals surface area contributed by atoms with Crippen molar-refractivity contribution in [2.24, 2.45) is 0 Å². The number of unbranched alkanes of at least 4 members (excludes halogenated alkanes) is 1. The molecule has 144 valence electrons. The van der Waals surface area contributed by atoms with Gasteiger partial charge in [-0.3, -0.25) is 19.2 Å². The molecule has 0 rings (SSSR count). The first-order valence-corrected chi connectivity index (χ1v) is 7.64. The van der Waals surface area contributed by atoms with Gasteiger partial charge in [0.1, 0.15) is 0 Å². The second-order valence-corrected chi connectivity index (χ2v) is 5.29. The third kappa shape index (κ3) is 11.1. The number of likely N-dealkylation sites (N-methyl/N-ethyl adjacent to an activating group) is 1. The molecule has 0 unspecified atom stereocenters. The van der Waals surface area contributed by atoms with Gasteiger partial charge in [-0.2, -0.15) is 13.2 Å². The molecule has 8 nitrogen and oxygen atoms in total. The molecule has 0 aromatic rings. The Kier molecular flexibility index (Phi) is 10.4. The normalized spacial score (nSPS) is 12.2. The van der Waals surface area contributed by atoms with Crippen LogP contribution in [0.3, 0.4) is 0 Å². The van der Waals surface area contributed by atoms with Crippen molar-refractivity contribution in [2.45, 2.75) is 38.4 Å². The first-order chi connectivity index (χ1) is 11.6. The summed E-state index contributed by atoms with van der Waals surface area (Å²) < 4.78 is 35.9. The summed E-state index contributed by atoms with van der Waals surface area (Å²) in [5, 5.41) is 9.13. The average Bonchev–Trinajstić information content (AvgIpc) is 2.50. The zero-order valence-corrected chi connectivity index (χ0v) is 14.1. The zero-order valence-electron chi connectivity index (χ0n) is 14.1. The maximum absolute atomic E-state index is 12.0. The van der Waals surface area contributed by atoms with E-state index in [1.807, 2.05) is 0 Å². The summed E-state index contributed by atoms with van der Waals surface area (Å²) in [6, 6.07) is -0.799. The fourth-order valence-electron chi connectivity index (χ4n) is 1.80. The largest absolute Gasteiger partial charge is 0.471 e. The number of hydrogen-bond acceptors (Lipinski definition) is 5. The lowest BCUT2D eigenvalue weighted by atomic mass is 10.1. The van der Waals surface area contributed by atoms with E-state index in [1.54, 1.807) is 12.4 Å². The van der Waals surface area contributed by atoms with E-state index >= 15 is 0 Å². The lowest BCUT2D eigenvalue weighted by molar-refractivity contribution is -0.173. The molecule has 0 heterocycles. The van der Waals surface area contributed by atoms with Crippen LogP contribution in [0, 0.1) is 0 Å². The van der Waals surface area contributed by atoms with Crippen LogP contribution < -0.4 is 21.3 Å². The van der Waals surface area contributed by atoms with Gasteiger partial charge in [0.25, 0.3) is 0 Å². The summed E-state index contributed by atoms with van der Waals surface area (Å²) >= 11 is 0. The fourth-order valence-corrected chi connectivity index (χ4v) is 1.80. The first-order valence-electron chi connectivity index (χ1n) is 7.64. The minimum atomic E-state index is -4.92. The number of nitrogens with one attached hydrogen (secondary N) is 4. The molecule has 3 amide bonds. The summed E-state index contributed by atoms with van der Waals surface area (Å²) in [7, 11) is 1.57. The molecular weight excluding hydrogens is 345 g/mol. The van der Waals surface area contributed by atoms with E-state index in [2.05, 4.69) is 16.0 Å². The van der Waals surface area contributed by atoms with Crippen LogP contribution in [0.25, 0.3) is 0 Å². The topological polar surface area (TPSA) is 116 Å². The maximum Gasteiger partial charge on any atom is 0.471 e. The van der Waals surface area contributed by atoms with Crippen LogP contribution in [0.5, 0.6) is 0 Å². The number of amides is 3. The highest BCUT2D eigenvalue weighted by Gasteiger charge is 2.38. The standard InChI is InChI=1S/C14H23F3N4O4/c1-9(22)10(21-12(24)8-20-11(23)7-18-2)5-3-4-6-19-13(25)14(15,16)17/h10,18H,3-8H2,1-2H3,(H,19,25)(H,20,23)(H,21,24)/t10-/m0/s1. The van der Waals surface area contributed by atoms with E-state index in [-0.39, 0.29) is 44.2 Å². The second kappa shape index (κ2) is 11.4. The number of carbonyl (C=O) groups is 4. The SMILES string of the molecule is CNCC(=O)NCC(=O)N[C@@H](CCCCNC(=O)C(F)(F)F)C(C)=O. The quantitative estimate of drug-likeness (QED) is 0.358. The Hall–Kier alpha value is -2.17. The van der Waals surface area contributed by atoms with E-state index in [9.17, 15) is 32.3 Å². The highest BCUT2D eigenvalue weighted by Crippen LogP contribution is 2.14. The minimum absolute atomic E-state index is 0.0487. The van der Waals surface area contributed by atoms with Gasteiger partial charge in [-0.15, -0.1) is 0 Å². The van der Waals surface area contributed by atoms with Crippen LogP contribution in [0.2, 0.25) is 0 Å².